The molecule has 1 unspecified atom stereocenters. The molecule has 88 valence electrons. The van der Waals surface area contributed by atoms with Crippen LogP contribution in [0.25, 0.3) is 0 Å². The largest absolute Gasteiger partial charge is 0.320 e. The molecule has 2 aromatic carbocycles. The van der Waals surface area contributed by atoms with Gasteiger partial charge in [-0.25, -0.2) is 0 Å². The number of benzene rings is 2. The van der Waals surface area contributed by atoms with E-state index in [9.17, 15) is 0 Å². The zero-order valence-corrected chi connectivity index (χ0v) is 11.8. The predicted octanol–water partition coefficient (Wildman–Crippen LogP) is 4.46. The molecule has 0 aromatic heterocycles. The fraction of sp³-hybridized carbons (Fsp3) is 0.143. The molecule has 1 nitrogen and oxygen atoms in total. The van der Waals surface area contributed by atoms with E-state index in [1.54, 1.807) is 0 Å². The molecule has 0 saturated heterocycles. The number of halogens is 2. The summed E-state index contributed by atoms with van der Waals surface area (Å²) < 4.78 is 1.08. The standard InChI is InChI=1S/C14H13BrClN/c1-9-5-6-11(8-13(9)15)14(17)10-3-2-4-12(16)7-10/h2-8,14H,17H2,1H3. The second-order valence-electron chi connectivity index (χ2n) is 4.04. The normalized spacial score (nSPS) is 12.5. The van der Waals surface area contributed by atoms with Gasteiger partial charge in [-0.1, -0.05) is 51.8 Å². The van der Waals surface area contributed by atoms with Gasteiger partial charge in [0.25, 0.3) is 0 Å². The summed E-state index contributed by atoms with van der Waals surface area (Å²) in [5, 5.41) is 0.712. The molecule has 0 saturated carbocycles. The van der Waals surface area contributed by atoms with Gasteiger partial charge in [-0.2, -0.15) is 0 Å². The molecule has 0 heterocycles. The minimum atomic E-state index is -0.148. The average molecular weight is 311 g/mol. The maximum absolute atomic E-state index is 6.22. The predicted molar refractivity (Wildman–Crippen MR) is 76.4 cm³/mol. The Morgan fingerprint density at radius 2 is 1.82 bits per heavy atom. The van der Waals surface area contributed by atoms with Gasteiger partial charge in [0, 0.05) is 9.50 Å². The summed E-state index contributed by atoms with van der Waals surface area (Å²) >= 11 is 9.49. The lowest BCUT2D eigenvalue weighted by Crippen LogP contribution is -2.11. The molecule has 0 amide bonds. The maximum Gasteiger partial charge on any atom is 0.0552 e. The minimum absolute atomic E-state index is 0.148. The molecule has 0 spiro atoms. The van der Waals surface area contributed by atoms with Gasteiger partial charge in [-0.05, 0) is 41.8 Å². The number of aryl methyl sites for hydroxylation is 1. The molecular formula is C14H13BrClN. The smallest absolute Gasteiger partial charge is 0.0552 e. The third-order valence-electron chi connectivity index (χ3n) is 2.76. The van der Waals surface area contributed by atoms with Crippen molar-refractivity contribution in [2.45, 2.75) is 13.0 Å². The van der Waals surface area contributed by atoms with Crippen molar-refractivity contribution in [1.82, 2.24) is 0 Å². The molecule has 2 N–H and O–H groups in total. The molecule has 0 radical (unpaired) electrons. The number of nitrogens with two attached hydrogens (primary N) is 1. The lowest BCUT2D eigenvalue weighted by atomic mass is 9.99. The summed E-state index contributed by atoms with van der Waals surface area (Å²) in [6.07, 6.45) is 0. The van der Waals surface area contributed by atoms with E-state index < -0.39 is 0 Å². The molecule has 2 rings (SSSR count). The van der Waals surface area contributed by atoms with Crippen LogP contribution in [0.5, 0.6) is 0 Å². The van der Waals surface area contributed by atoms with Crippen LogP contribution in [0.15, 0.2) is 46.9 Å². The van der Waals surface area contributed by atoms with E-state index in [0.29, 0.717) is 5.02 Å². The Kier molecular flexibility index (Phi) is 3.87. The van der Waals surface area contributed by atoms with Crippen molar-refractivity contribution in [2.24, 2.45) is 5.73 Å². The first kappa shape index (κ1) is 12.6. The first-order valence-corrected chi connectivity index (χ1v) is 6.52. The highest BCUT2D eigenvalue weighted by Crippen LogP contribution is 2.26. The third kappa shape index (κ3) is 2.89. The van der Waals surface area contributed by atoms with Crippen LogP contribution in [-0.4, -0.2) is 0 Å². The Labute approximate surface area is 115 Å². The van der Waals surface area contributed by atoms with Gasteiger partial charge in [0.2, 0.25) is 0 Å². The maximum atomic E-state index is 6.22. The molecule has 1 atom stereocenters. The van der Waals surface area contributed by atoms with Crippen LogP contribution < -0.4 is 5.73 Å². The quantitative estimate of drug-likeness (QED) is 0.871. The molecule has 0 fully saturated rings. The highest BCUT2D eigenvalue weighted by Gasteiger charge is 2.10. The first-order valence-electron chi connectivity index (χ1n) is 5.35. The molecule has 3 heteroatoms. The summed E-state index contributed by atoms with van der Waals surface area (Å²) in [5.74, 6) is 0. The van der Waals surface area contributed by atoms with E-state index in [4.69, 9.17) is 17.3 Å². The van der Waals surface area contributed by atoms with Crippen LogP contribution in [0, 0.1) is 6.92 Å². The van der Waals surface area contributed by atoms with Gasteiger partial charge < -0.3 is 5.73 Å². The van der Waals surface area contributed by atoms with Crippen molar-refractivity contribution in [1.29, 1.82) is 0 Å². The SMILES string of the molecule is Cc1ccc(C(N)c2cccc(Cl)c2)cc1Br. The molecule has 0 aliphatic heterocycles. The van der Waals surface area contributed by atoms with Crippen molar-refractivity contribution in [3.8, 4) is 0 Å². The molecular weight excluding hydrogens is 298 g/mol. The molecule has 0 aliphatic carbocycles. The molecule has 0 aliphatic rings. The van der Waals surface area contributed by atoms with E-state index in [1.807, 2.05) is 30.3 Å². The van der Waals surface area contributed by atoms with Crippen LogP contribution >= 0.6 is 27.5 Å². The topological polar surface area (TPSA) is 26.0 Å². The molecule has 17 heavy (non-hydrogen) atoms. The summed E-state index contributed by atoms with van der Waals surface area (Å²) in [7, 11) is 0. The summed E-state index contributed by atoms with van der Waals surface area (Å²) in [4.78, 5) is 0. The van der Waals surface area contributed by atoms with Crippen molar-refractivity contribution < 1.29 is 0 Å². The van der Waals surface area contributed by atoms with Gasteiger partial charge >= 0.3 is 0 Å². The lowest BCUT2D eigenvalue weighted by Gasteiger charge is -2.14. The van der Waals surface area contributed by atoms with Crippen LogP contribution in [0.2, 0.25) is 5.02 Å². The van der Waals surface area contributed by atoms with Crippen molar-refractivity contribution in [2.75, 3.05) is 0 Å². The van der Waals surface area contributed by atoms with Crippen molar-refractivity contribution in [3.05, 3.63) is 68.7 Å². The van der Waals surface area contributed by atoms with Gasteiger partial charge in [-0.3, -0.25) is 0 Å². The summed E-state index contributed by atoms with van der Waals surface area (Å²) in [5.41, 5.74) is 9.52. The lowest BCUT2D eigenvalue weighted by molar-refractivity contribution is 0.870. The van der Waals surface area contributed by atoms with Crippen LogP contribution in [0.3, 0.4) is 0 Å². The highest BCUT2D eigenvalue weighted by atomic mass is 79.9. The van der Waals surface area contributed by atoms with Crippen LogP contribution in [-0.2, 0) is 0 Å². The Morgan fingerprint density at radius 3 is 2.47 bits per heavy atom. The zero-order chi connectivity index (χ0) is 12.4. The monoisotopic (exact) mass is 309 g/mol. The van der Waals surface area contributed by atoms with Gasteiger partial charge in [-0.15, -0.1) is 0 Å². The third-order valence-corrected chi connectivity index (χ3v) is 3.85. The Hall–Kier alpha value is -0.830. The summed E-state index contributed by atoms with van der Waals surface area (Å²) in [6.45, 7) is 2.05. The van der Waals surface area contributed by atoms with Gasteiger partial charge in [0.15, 0.2) is 0 Å². The second-order valence-corrected chi connectivity index (χ2v) is 5.33. The fourth-order valence-electron chi connectivity index (χ4n) is 1.70. The van der Waals surface area contributed by atoms with Crippen LogP contribution in [0.4, 0.5) is 0 Å². The van der Waals surface area contributed by atoms with Crippen molar-refractivity contribution >= 4 is 27.5 Å². The van der Waals surface area contributed by atoms with Crippen LogP contribution in [0.1, 0.15) is 22.7 Å². The summed E-state index contributed by atoms with van der Waals surface area (Å²) in [6, 6.07) is 13.7. The van der Waals surface area contributed by atoms with E-state index in [2.05, 4.69) is 35.0 Å². The van der Waals surface area contributed by atoms with E-state index in [1.165, 1.54) is 5.56 Å². The number of hydrogen-bond acceptors (Lipinski definition) is 1. The minimum Gasteiger partial charge on any atom is -0.320 e. The van der Waals surface area contributed by atoms with Gasteiger partial charge in [0.05, 0.1) is 6.04 Å². The molecule has 0 bridgehead atoms. The average Bonchev–Trinajstić information content (AvgIpc) is 2.32. The van der Waals surface area contributed by atoms with E-state index in [0.717, 1.165) is 15.6 Å². The number of hydrogen-bond donors (Lipinski definition) is 1. The van der Waals surface area contributed by atoms with E-state index >= 15 is 0 Å². The Bertz CT molecular complexity index is 539. The Balaban J connectivity index is 2.36. The van der Waals surface area contributed by atoms with Gasteiger partial charge in [0.1, 0.15) is 0 Å². The Morgan fingerprint density at radius 1 is 1.12 bits per heavy atom. The number of rotatable bonds is 2. The van der Waals surface area contributed by atoms with Crippen molar-refractivity contribution in [3.63, 3.8) is 0 Å². The zero-order valence-electron chi connectivity index (χ0n) is 9.45. The fourth-order valence-corrected chi connectivity index (χ4v) is 2.29. The van der Waals surface area contributed by atoms with E-state index in [-0.39, 0.29) is 6.04 Å². The first-order chi connectivity index (χ1) is 8.08. The molecule has 2 aromatic rings. The highest BCUT2D eigenvalue weighted by molar-refractivity contribution is 9.10. The second kappa shape index (κ2) is 5.21.